The van der Waals surface area contributed by atoms with Crippen molar-refractivity contribution in [1.29, 1.82) is 0 Å². The Kier molecular flexibility index (Phi) is 4.65. The van der Waals surface area contributed by atoms with Crippen molar-refractivity contribution >= 4 is 11.9 Å². The van der Waals surface area contributed by atoms with Gasteiger partial charge >= 0.3 is 5.97 Å². The molecule has 0 heterocycles. The molecular formula is C23H37NO4. The first kappa shape index (κ1) is 20.2. The van der Waals surface area contributed by atoms with Crippen LogP contribution in [0.5, 0.6) is 0 Å². The van der Waals surface area contributed by atoms with Crippen molar-refractivity contribution in [3.63, 3.8) is 0 Å². The number of amides is 1. The molecule has 0 aliphatic heterocycles. The Labute approximate surface area is 168 Å². The van der Waals surface area contributed by atoms with Crippen molar-refractivity contribution in [3.8, 4) is 0 Å². The minimum absolute atomic E-state index is 0.0141. The third kappa shape index (κ3) is 2.54. The summed E-state index contributed by atoms with van der Waals surface area (Å²) in [5, 5.41) is 21.6. The Hall–Kier alpha value is -1.10. The van der Waals surface area contributed by atoms with Crippen molar-refractivity contribution < 1.29 is 19.8 Å². The molecule has 2 N–H and O–H groups in total. The standard InChI is InChI=1S/C23H37NO4/c1-21-8-5-9-22(2,20(27)28)16(21)7-11-23-10-6-14(12-17(21)23)15(19(23)26)13-18(25)24(3)4/h14-17,19,26H,5-13H2,1-4H3,(H,27,28)/t14-,15-,16-,17-,19+,21+,22+,23-/m0/s1. The van der Waals surface area contributed by atoms with Gasteiger partial charge < -0.3 is 15.1 Å². The van der Waals surface area contributed by atoms with Crippen molar-refractivity contribution in [2.45, 2.75) is 77.7 Å². The van der Waals surface area contributed by atoms with E-state index in [1.807, 2.05) is 6.92 Å². The maximum Gasteiger partial charge on any atom is 0.309 e. The molecule has 158 valence electrons. The molecule has 5 saturated carbocycles. The number of hydrogen-bond donors (Lipinski definition) is 2. The molecule has 0 aromatic rings. The molecule has 5 nitrogen and oxygen atoms in total. The summed E-state index contributed by atoms with van der Waals surface area (Å²) in [7, 11) is 3.58. The molecule has 1 amide bonds. The predicted octanol–water partition coefficient (Wildman–Crippen LogP) is 3.55. The molecule has 5 rings (SSSR count). The van der Waals surface area contributed by atoms with E-state index in [4.69, 9.17) is 0 Å². The van der Waals surface area contributed by atoms with Crippen LogP contribution in [0.1, 0.15) is 71.6 Å². The summed E-state index contributed by atoms with van der Waals surface area (Å²) in [6.45, 7) is 4.29. The first-order chi connectivity index (χ1) is 13.1. The van der Waals surface area contributed by atoms with Crippen LogP contribution in [0, 0.1) is 39.9 Å². The normalized spacial score (nSPS) is 49.8. The number of nitrogens with zero attached hydrogens (tertiary/aromatic N) is 1. The Morgan fingerprint density at radius 3 is 2.36 bits per heavy atom. The molecule has 0 radical (unpaired) electrons. The van der Waals surface area contributed by atoms with Gasteiger partial charge in [-0.3, -0.25) is 9.59 Å². The monoisotopic (exact) mass is 391 g/mol. The minimum Gasteiger partial charge on any atom is -0.481 e. The second-order valence-corrected chi connectivity index (χ2v) is 11.1. The van der Waals surface area contributed by atoms with Crippen LogP contribution in [0.15, 0.2) is 0 Å². The summed E-state index contributed by atoms with van der Waals surface area (Å²) in [5.74, 6) is 0.497. The van der Waals surface area contributed by atoms with Crippen LogP contribution in [0.25, 0.3) is 0 Å². The lowest BCUT2D eigenvalue weighted by molar-refractivity contribution is -0.245. The van der Waals surface area contributed by atoms with E-state index >= 15 is 0 Å². The Balaban J connectivity index is 1.67. The van der Waals surface area contributed by atoms with Gasteiger partial charge in [0.2, 0.25) is 5.91 Å². The highest BCUT2D eigenvalue weighted by atomic mass is 16.4. The van der Waals surface area contributed by atoms with Gasteiger partial charge in [-0.15, -0.1) is 0 Å². The van der Waals surface area contributed by atoms with Crippen molar-refractivity contribution in [2.75, 3.05) is 14.1 Å². The van der Waals surface area contributed by atoms with Gasteiger partial charge in [-0.05, 0) is 86.4 Å². The fourth-order valence-corrected chi connectivity index (χ4v) is 8.39. The average molecular weight is 392 g/mol. The molecule has 1 spiro atoms. The van der Waals surface area contributed by atoms with Crippen LogP contribution in [-0.2, 0) is 9.59 Å². The molecule has 0 aromatic carbocycles. The van der Waals surface area contributed by atoms with Crippen molar-refractivity contribution in [1.82, 2.24) is 4.90 Å². The zero-order valence-corrected chi connectivity index (χ0v) is 17.9. The van der Waals surface area contributed by atoms with Crippen LogP contribution in [-0.4, -0.2) is 47.2 Å². The largest absolute Gasteiger partial charge is 0.481 e. The van der Waals surface area contributed by atoms with E-state index in [2.05, 4.69) is 6.92 Å². The third-order valence-electron chi connectivity index (χ3n) is 9.88. The molecule has 8 atom stereocenters. The molecule has 5 aliphatic rings. The fraction of sp³-hybridized carbons (Fsp3) is 0.913. The SMILES string of the molecule is CN(C)C(=O)C[C@H]1[C@H]2CC[C@@]3(CC[C@H]4[C@@](C)(CCC[C@@]4(C)C(=O)O)[C@@H]3C2)[C@@H]1O. The number of carbonyl (C=O) groups excluding carboxylic acids is 1. The zero-order chi connectivity index (χ0) is 20.5. The van der Waals surface area contributed by atoms with E-state index in [0.717, 1.165) is 51.4 Å². The number of carbonyl (C=O) groups is 2. The topological polar surface area (TPSA) is 77.8 Å². The molecular weight excluding hydrogens is 354 g/mol. The number of aliphatic hydroxyl groups excluding tert-OH is 1. The number of aliphatic hydroxyl groups is 1. The van der Waals surface area contributed by atoms with Gasteiger partial charge in [-0.2, -0.15) is 0 Å². The summed E-state index contributed by atoms with van der Waals surface area (Å²) in [6.07, 6.45) is 7.86. The van der Waals surface area contributed by atoms with Gasteiger partial charge in [0.25, 0.3) is 0 Å². The average Bonchev–Trinajstić information content (AvgIpc) is 2.64. The van der Waals surface area contributed by atoms with Gasteiger partial charge in [0.05, 0.1) is 11.5 Å². The highest BCUT2D eigenvalue weighted by Crippen LogP contribution is 2.72. The van der Waals surface area contributed by atoms with Gasteiger partial charge in [-0.25, -0.2) is 0 Å². The molecule has 5 heteroatoms. The Bertz CT molecular complexity index is 678. The fourth-order valence-electron chi connectivity index (χ4n) is 8.39. The van der Waals surface area contributed by atoms with Crippen LogP contribution >= 0.6 is 0 Å². The Morgan fingerprint density at radius 1 is 1.04 bits per heavy atom. The maximum absolute atomic E-state index is 12.4. The molecule has 28 heavy (non-hydrogen) atoms. The molecule has 5 fully saturated rings. The van der Waals surface area contributed by atoms with E-state index in [9.17, 15) is 19.8 Å². The first-order valence-electron chi connectivity index (χ1n) is 11.2. The maximum atomic E-state index is 12.4. The van der Waals surface area contributed by atoms with E-state index < -0.39 is 17.5 Å². The van der Waals surface area contributed by atoms with Crippen LogP contribution in [0.3, 0.4) is 0 Å². The lowest BCUT2D eigenvalue weighted by atomic mass is 9.35. The molecule has 0 aromatic heterocycles. The smallest absolute Gasteiger partial charge is 0.309 e. The highest BCUT2D eigenvalue weighted by molar-refractivity contribution is 5.76. The third-order valence-corrected chi connectivity index (χ3v) is 9.88. The van der Waals surface area contributed by atoms with E-state index in [1.54, 1.807) is 19.0 Å². The number of carboxylic acids is 1. The zero-order valence-electron chi connectivity index (χ0n) is 17.9. The van der Waals surface area contributed by atoms with Crippen LogP contribution in [0.4, 0.5) is 0 Å². The molecule has 5 aliphatic carbocycles. The molecule has 2 bridgehead atoms. The second-order valence-electron chi connectivity index (χ2n) is 11.1. The van der Waals surface area contributed by atoms with Crippen molar-refractivity contribution in [2.24, 2.45) is 39.9 Å². The van der Waals surface area contributed by atoms with E-state index in [1.165, 1.54) is 0 Å². The van der Waals surface area contributed by atoms with Crippen LogP contribution in [0.2, 0.25) is 0 Å². The summed E-state index contributed by atoms with van der Waals surface area (Å²) < 4.78 is 0. The molecule has 0 unspecified atom stereocenters. The first-order valence-corrected chi connectivity index (χ1v) is 11.2. The predicted molar refractivity (Wildman–Crippen MR) is 106 cm³/mol. The summed E-state index contributed by atoms with van der Waals surface area (Å²) >= 11 is 0. The highest BCUT2D eigenvalue weighted by Gasteiger charge is 2.68. The lowest BCUT2D eigenvalue weighted by Crippen LogP contribution is -2.67. The summed E-state index contributed by atoms with van der Waals surface area (Å²) in [5.41, 5.74) is -0.773. The van der Waals surface area contributed by atoms with Gasteiger partial charge in [0, 0.05) is 20.5 Å². The van der Waals surface area contributed by atoms with E-state index in [-0.39, 0.29) is 28.6 Å². The van der Waals surface area contributed by atoms with E-state index in [0.29, 0.717) is 18.3 Å². The Morgan fingerprint density at radius 2 is 1.71 bits per heavy atom. The molecule has 0 saturated heterocycles. The number of fused-ring (bicyclic) bond motifs is 3. The summed E-state index contributed by atoms with van der Waals surface area (Å²) in [6, 6.07) is 0. The lowest BCUT2D eigenvalue weighted by Gasteiger charge is -2.70. The van der Waals surface area contributed by atoms with Crippen molar-refractivity contribution in [3.05, 3.63) is 0 Å². The van der Waals surface area contributed by atoms with Gasteiger partial charge in [0.1, 0.15) is 0 Å². The number of hydrogen-bond acceptors (Lipinski definition) is 3. The van der Waals surface area contributed by atoms with Gasteiger partial charge in [0.15, 0.2) is 0 Å². The number of aliphatic carboxylic acids is 1. The quantitative estimate of drug-likeness (QED) is 0.771. The number of carboxylic acid groups (broad SMARTS) is 1. The number of rotatable bonds is 3. The minimum atomic E-state index is -0.643. The second kappa shape index (κ2) is 6.45. The van der Waals surface area contributed by atoms with Gasteiger partial charge in [-0.1, -0.05) is 13.3 Å². The summed E-state index contributed by atoms with van der Waals surface area (Å²) in [4.78, 5) is 26.2. The van der Waals surface area contributed by atoms with Crippen LogP contribution < -0.4 is 0 Å².